The molecule has 160 valence electrons. The van der Waals surface area contributed by atoms with Crippen molar-refractivity contribution in [3.05, 3.63) is 75.9 Å². The molecule has 1 aromatic carbocycles. The maximum absolute atomic E-state index is 12.4. The number of hydrogen-bond acceptors (Lipinski definition) is 5. The molecule has 7 heteroatoms. The molecule has 0 aliphatic heterocycles. The minimum absolute atomic E-state index is 0.119. The lowest BCUT2D eigenvalue weighted by Gasteiger charge is -2.04. The average Bonchev–Trinajstić information content (AvgIpc) is 3.20. The van der Waals surface area contributed by atoms with Crippen molar-refractivity contribution in [2.24, 2.45) is 0 Å². The number of carbonyl (C=O) groups is 3. The van der Waals surface area contributed by atoms with Gasteiger partial charge in [-0.3, -0.25) is 9.59 Å². The number of ether oxygens (including phenoxy) is 1. The summed E-state index contributed by atoms with van der Waals surface area (Å²) in [5.41, 5.74) is 5.38. The smallest absolute Gasteiger partial charge is 0.331 e. The molecule has 0 radical (unpaired) electrons. The molecule has 0 amide bonds. The van der Waals surface area contributed by atoms with Gasteiger partial charge in [0, 0.05) is 28.6 Å². The molecule has 0 bridgehead atoms. The van der Waals surface area contributed by atoms with E-state index >= 15 is 0 Å². The van der Waals surface area contributed by atoms with Crippen LogP contribution in [0.15, 0.2) is 36.4 Å². The van der Waals surface area contributed by atoms with Crippen LogP contribution in [0.5, 0.6) is 0 Å². The van der Waals surface area contributed by atoms with Crippen molar-refractivity contribution in [3.8, 4) is 5.69 Å². The van der Waals surface area contributed by atoms with E-state index in [0.29, 0.717) is 16.8 Å². The number of H-pyrrole nitrogens is 1. The summed E-state index contributed by atoms with van der Waals surface area (Å²) in [6.45, 7) is 8.25. The molecule has 0 unspecified atom stereocenters. The number of nitrogens with one attached hydrogen (secondary N) is 1. The van der Waals surface area contributed by atoms with E-state index < -0.39 is 12.6 Å². The fraction of sp³-hybridized carbons (Fsp3) is 0.250. The summed E-state index contributed by atoms with van der Waals surface area (Å²) < 4.78 is 6.92. The summed E-state index contributed by atoms with van der Waals surface area (Å²) in [5.74, 6) is -1.14. The van der Waals surface area contributed by atoms with E-state index in [0.717, 1.165) is 22.6 Å². The number of ketones is 2. The third kappa shape index (κ3) is 4.55. The second-order valence-corrected chi connectivity index (χ2v) is 7.38. The molecule has 3 rings (SSSR count). The van der Waals surface area contributed by atoms with Crippen LogP contribution in [-0.2, 0) is 9.53 Å². The minimum Gasteiger partial charge on any atom is -0.454 e. The Labute approximate surface area is 180 Å². The van der Waals surface area contributed by atoms with Gasteiger partial charge >= 0.3 is 5.97 Å². The predicted molar refractivity (Wildman–Crippen MR) is 118 cm³/mol. The van der Waals surface area contributed by atoms with Gasteiger partial charge in [0.2, 0.25) is 5.78 Å². The number of rotatable bonds is 7. The van der Waals surface area contributed by atoms with Crippen molar-refractivity contribution in [2.45, 2.75) is 34.6 Å². The normalized spacial score (nSPS) is 11.1. The number of nitrogens with zero attached hydrogens (tertiary/aromatic N) is 2. The first kappa shape index (κ1) is 22.0. The van der Waals surface area contributed by atoms with Gasteiger partial charge in [0.05, 0.1) is 17.1 Å². The van der Waals surface area contributed by atoms with Gasteiger partial charge < -0.3 is 9.72 Å². The lowest BCUT2D eigenvalue weighted by molar-refractivity contribution is -0.136. The van der Waals surface area contributed by atoms with Crippen molar-refractivity contribution in [2.75, 3.05) is 6.61 Å². The van der Waals surface area contributed by atoms with Crippen LogP contribution in [0.1, 0.15) is 56.0 Å². The number of aromatic amines is 1. The Morgan fingerprint density at radius 1 is 1.10 bits per heavy atom. The van der Waals surface area contributed by atoms with E-state index in [9.17, 15) is 14.4 Å². The van der Waals surface area contributed by atoms with Gasteiger partial charge in [-0.05, 0) is 58.4 Å². The van der Waals surface area contributed by atoms with Crippen LogP contribution in [0.3, 0.4) is 0 Å². The fourth-order valence-electron chi connectivity index (χ4n) is 3.68. The second kappa shape index (κ2) is 8.95. The molecule has 0 fully saturated rings. The molecule has 2 heterocycles. The highest BCUT2D eigenvalue weighted by Crippen LogP contribution is 2.20. The molecule has 0 spiro atoms. The number of aryl methyl sites for hydroxylation is 2. The summed E-state index contributed by atoms with van der Waals surface area (Å²) in [4.78, 5) is 39.2. The summed E-state index contributed by atoms with van der Waals surface area (Å²) in [7, 11) is 0. The number of Topliss-reactive ketones (excluding diaryl/α,β-unsaturated/α-hetero) is 2. The van der Waals surface area contributed by atoms with E-state index in [1.54, 1.807) is 19.9 Å². The van der Waals surface area contributed by atoms with Crippen molar-refractivity contribution in [1.29, 1.82) is 0 Å². The number of benzene rings is 1. The standard InChI is InChI=1S/C24H25N3O4/c1-14-23(18(5)28)16(3)25-24(14)21(29)13-31-22(30)12-11-20-15(2)26-27(17(20)4)19-9-7-6-8-10-19/h6-12,25H,13H2,1-5H3. The Morgan fingerprint density at radius 2 is 1.77 bits per heavy atom. The van der Waals surface area contributed by atoms with Crippen LogP contribution in [0.2, 0.25) is 0 Å². The fourth-order valence-corrected chi connectivity index (χ4v) is 3.68. The van der Waals surface area contributed by atoms with Gasteiger partial charge in [-0.15, -0.1) is 0 Å². The van der Waals surface area contributed by atoms with Crippen molar-refractivity contribution >= 4 is 23.6 Å². The molecule has 0 aliphatic rings. The van der Waals surface area contributed by atoms with Crippen molar-refractivity contribution in [1.82, 2.24) is 14.8 Å². The van der Waals surface area contributed by atoms with Crippen LogP contribution in [0.4, 0.5) is 0 Å². The Kier molecular flexibility index (Phi) is 6.34. The molecule has 0 saturated heterocycles. The number of hydrogen-bond donors (Lipinski definition) is 1. The largest absolute Gasteiger partial charge is 0.454 e. The third-order valence-electron chi connectivity index (χ3n) is 5.15. The SMILES string of the molecule is CC(=O)c1c(C)[nH]c(C(=O)COC(=O)C=Cc2c(C)nn(-c3ccccc3)c2C)c1C. The lowest BCUT2D eigenvalue weighted by Crippen LogP contribution is -2.14. The number of esters is 1. The summed E-state index contributed by atoms with van der Waals surface area (Å²) >= 11 is 0. The quantitative estimate of drug-likeness (QED) is 0.354. The van der Waals surface area contributed by atoms with Crippen LogP contribution in [-0.4, -0.2) is 38.9 Å². The first-order valence-corrected chi connectivity index (χ1v) is 9.90. The van der Waals surface area contributed by atoms with E-state index in [1.165, 1.54) is 13.0 Å². The van der Waals surface area contributed by atoms with Gasteiger partial charge in [-0.2, -0.15) is 5.10 Å². The predicted octanol–water partition coefficient (Wildman–Crippen LogP) is 4.08. The molecule has 0 aliphatic carbocycles. The van der Waals surface area contributed by atoms with E-state index in [1.807, 2.05) is 48.9 Å². The molecular formula is C24H25N3O4. The van der Waals surface area contributed by atoms with Gasteiger partial charge in [-0.25, -0.2) is 9.48 Å². The maximum atomic E-state index is 12.4. The van der Waals surface area contributed by atoms with Gasteiger partial charge in [0.25, 0.3) is 0 Å². The highest BCUT2D eigenvalue weighted by molar-refractivity contribution is 6.04. The van der Waals surface area contributed by atoms with E-state index in [-0.39, 0.29) is 17.3 Å². The highest BCUT2D eigenvalue weighted by Gasteiger charge is 2.20. The average molecular weight is 419 g/mol. The molecule has 7 nitrogen and oxygen atoms in total. The first-order chi connectivity index (χ1) is 14.7. The summed E-state index contributed by atoms with van der Waals surface area (Å²) in [5, 5.41) is 4.53. The molecular weight excluding hydrogens is 394 g/mol. The lowest BCUT2D eigenvalue weighted by atomic mass is 10.1. The van der Waals surface area contributed by atoms with Crippen LogP contribution < -0.4 is 0 Å². The molecule has 3 aromatic rings. The van der Waals surface area contributed by atoms with Crippen LogP contribution >= 0.6 is 0 Å². The number of para-hydroxylation sites is 1. The molecule has 1 N–H and O–H groups in total. The zero-order valence-electron chi connectivity index (χ0n) is 18.3. The van der Waals surface area contributed by atoms with Crippen LogP contribution in [0.25, 0.3) is 11.8 Å². The number of aromatic nitrogens is 3. The van der Waals surface area contributed by atoms with E-state index in [2.05, 4.69) is 10.1 Å². The Bertz CT molecular complexity index is 1180. The zero-order chi connectivity index (χ0) is 22.7. The van der Waals surface area contributed by atoms with Gasteiger partial charge in [0.1, 0.15) is 0 Å². The van der Waals surface area contributed by atoms with Crippen molar-refractivity contribution < 1.29 is 19.1 Å². The molecule has 0 saturated carbocycles. The first-order valence-electron chi connectivity index (χ1n) is 9.90. The maximum Gasteiger partial charge on any atom is 0.331 e. The summed E-state index contributed by atoms with van der Waals surface area (Å²) in [6, 6.07) is 9.71. The molecule has 2 aromatic heterocycles. The van der Waals surface area contributed by atoms with Gasteiger partial charge in [0.15, 0.2) is 12.4 Å². The second-order valence-electron chi connectivity index (χ2n) is 7.38. The Morgan fingerprint density at radius 3 is 2.39 bits per heavy atom. The Balaban J connectivity index is 1.68. The Hall–Kier alpha value is -3.74. The zero-order valence-corrected chi connectivity index (χ0v) is 18.3. The monoisotopic (exact) mass is 419 g/mol. The van der Waals surface area contributed by atoms with Crippen molar-refractivity contribution in [3.63, 3.8) is 0 Å². The molecule has 31 heavy (non-hydrogen) atoms. The highest BCUT2D eigenvalue weighted by atomic mass is 16.5. The molecule has 0 atom stereocenters. The van der Waals surface area contributed by atoms with Crippen LogP contribution in [0, 0.1) is 27.7 Å². The number of carbonyl (C=O) groups excluding carboxylic acids is 3. The summed E-state index contributed by atoms with van der Waals surface area (Å²) in [6.07, 6.45) is 2.93. The van der Waals surface area contributed by atoms with E-state index in [4.69, 9.17) is 4.74 Å². The third-order valence-corrected chi connectivity index (χ3v) is 5.15. The topological polar surface area (TPSA) is 94.0 Å². The minimum atomic E-state index is -0.632. The van der Waals surface area contributed by atoms with Gasteiger partial charge in [-0.1, -0.05) is 18.2 Å².